The van der Waals surface area contributed by atoms with Crippen LogP contribution in [0.5, 0.6) is 5.75 Å². The van der Waals surface area contributed by atoms with Crippen LogP contribution >= 0.6 is 27.3 Å². The maximum absolute atomic E-state index is 12.8. The Labute approximate surface area is 196 Å². The van der Waals surface area contributed by atoms with E-state index < -0.39 is 0 Å². The number of rotatable bonds is 5. The number of hydrogen-bond donors (Lipinski definition) is 0. The van der Waals surface area contributed by atoms with Crippen molar-refractivity contribution in [2.24, 2.45) is 0 Å². The first-order chi connectivity index (χ1) is 15.6. The summed E-state index contributed by atoms with van der Waals surface area (Å²) < 4.78 is 6.49. The largest absolute Gasteiger partial charge is 0.482 e. The van der Waals surface area contributed by atoms with Crippen LogP contribution in [-0.2, 0) is 4.79 Å². The Kier molecular flexibility index (Phi) is 5.55. The Morgan fingerprint density at radius 3 is 2.72 bits per heavy atom. The van der Waals surface area contributed by atoms with E-state index in [1.165, 1.54) is 16.2 Å². The zero-order valence-electron chi connectivity index (χ0n) is 16.7. The van der Waals surface area contributed by atoms with Gasteiger partial charge in [-0.05, 0) is 42.5 Å². The molecule has 1 amide bonds. The van der Waals surface area contributed by atoms with E-state index >= 15 is 0 Å². The number of carbonyl (C=O) groups is 2. The van der Waals surface area contributed by atoms with Crippen LogP contribution in [0.15, 0.2) is 76.7 Å². The average Bonchev–Trinajstić information content (AvgIpc) is 3.32. The highest BCUT2D eigenvalue weighted by Gasteiger charge is 2.28. The van der Waals surface area contributed by atoms with E-state index in [9.17, 15) is 9.59 Å². The molecule has 0 spiro atoms. The average molecular weight is 506 g/mol. The van der Waals surface area contributed by atoms with Gasteiger partial charge in [0, 0.05) is 27.2 Å². The van der Waals surface area contributed by atoms with E-state index in [0.717, 1.165) is 26.4 Å². The molecule has 6 nitrogen and oxygen atoms in total. The van der Waals surface area contributed by atoms with Gasteiger partial charge in [-0.2, -0.15) is 0 Å². The van der Waals surface area contributed by atoms with Gasteiger partial charge in [-0.25, -0.2) is 4.98 Å². The van der Waals surface area contributed by atoms with E-state index in [2.05, 4.69) is 20.9 Å². The molecule has 4 aromatic rings. The lowest BCUT2D eigenvalue weighted by atomic mass is 10.1. The monoisotopic (exact) mass is 505 g/mol. The van der Waals surface area contributed by atoms with Crippen molar-refractivity contribution < 1.29 is 14.3 Å². The zero-order valence-corrected chi connectivity index (χ0v) is 19.1. The molecule has 0 saturated carbocycles. The highest BCUT2D eigenvalue weighted by molar-refractivity contribution is 9.10. The van der Waals surface area contributed by atoms with Gasteiger partial charge < -0.3 is 4.74 Å². The number of Topliss-reactive ketones (excluding diaryl/α,β-unsaturated/α-hetero) is 1. The lowest BCUT2D eigenvalue weighted by molar-refractivity contribution is -0.121. The Hall–Kier alpha value is -3.36. The van der Waals surface area contributed by atoms with Crippen molar-refractivity contribution in [2.75, 3.05) is 18.1 Å². The summed E-state index contributed by atoms with van der Waals surface area (Å²) in [5.41, 5.74) is 3.53. The van der Waals surface area contributed by atoms with Gasteiger partial charge in [0.15, 0.2) is 12.4 Å². The quantitative estimate of drug-likeness (QED) is 0.346. The van der Waals surface area contributed by atoms with Crippen LogP contribution in [0, 0.1) is 0 Å². The van der Waals surface area contributed by atoms with Crippen molar-refractivity contribution in [1.82, 2.24) is 9.97 Å². The van der Waals surface area contributed by atoms with E-state index in [1.807, 2.05) is 53.9 Å². The summed E-state index contributed by atoms with van der Waals surface area (Å²) in [6.07, 6.45) is 1.73. The van der Waals surface area contributed by atoms with E-state index in [1.54, 1.807) is 18.3 Å². The number of amides is 1. The minimum Gasteiger partial charge on any atom is -0.482 e. The zero-order chi connectivity index (χ0) is 22.1. The number of benzene rings is 2. The first-order valence-corrected chi connectivity index (χ1v) is 11.5. The summed E-state index contributed by atoms with van der Waals surface area (Å²) >= 11 is 4.87. The maximum atomic E-state index is 12.8. The van der Waals surface area contributed by atoms with E-state index in [4.69, 9.17) is 9.72 Å². The van der Waals surface area contributed by atoms with Crippen LogP contribution in [0.3, 0.4) is 0 Å². The Bertz CT molecular complexity index is 1310. The first kappa shape index (κ1) is 20.5. The number of thiazole rings is 1. The third-order valence-electron chi connectivity index (χ3n) is 5.05. The molecule has 0 bridgehead atoms. The standard InChI is InChI=1S/C24H16BrN3O3S/c25-17-7-4-15(5-8-17)21(29)12-28-20-11-16(6-9-22(20)31-13-23(28)30)19-14-32-24(27-19)18-3-1-2-10-26-18/h1-11,14H,12-13H2. The fourth-order valence-electron chi connectivity index (χ4n) is 3.42. The van der Waals surface area contributed by atoms with Crippen LogP contribution < -0.4 is 9.64 Å². The molecule has 3 heterocycles. The molecule has 0 N–H and O–H groups in total. The SMILES string of the molecule is O=C(CN1C(=O)COc2ccc(-c3csc(-c4ccccn4)n3)cc21)c1ccc(Br)cc1. The number of pyridine rings is 1. The Balaban J connectivity index is 1.45. The fraction of sp³-hybridized carbons (Fsp3) is 0.0833. The third kappa shape index (κ3) is 4.06. The van der Waals surface area contributed by atoms with Crippen molar-refractivity contribution in [3.63, 3.8) is 0 Å². The minimum atomic E-state index is -0.257. The molecule has 2 aromatic heterocycles. The number of anilines is 1. The van der Waals surface area contributed by atoms with Crippen LogP contribution in [0.4, 0.5) is 5.69 Å². The summed E-state index contributed by atoms with van der Waals surface area (Å²) in [4.78, 5) is 36.0. The second kappa shape index (κ2) is 8.64. The van der Waals surface area contributed by atoms with E-state index in [0.29, 0.717) is 17.0 Å². The van der Waals surface area contributed by atoms with Crippen LogP contribution in [0.2, 0.25) is 0 Å². The number of carbonyl (C=O) groups excluding carboxylic acids is 2. The van der Waals surface area contributed by atoms with Crippen molar-refractivity contribution in [3.8, 4) is 27.7 Å². The molecule has 8 heteroatoms. The summed E-state index contributed by atoms with van der Waals surface area (Å²) in [5.74, 6) is 0.167. The first-order valence-electron chi connectivity index (χ1n) is 9.82. The van der Waals surface area contributed by atoms with Gasteiger partial charge in [-0.1, -0.05) is 34.1 Å². The summed E-state index contributed by atoms with van der Waals surface area (Å²) in [6.45, 7) is -0.156. The number of hydrogen-bond acceptors (Lipinski definition) is 6. The maximum Gasteiger partial charge on any atom is 0.265 e. The predicted molar refractivity (Wildman–Crippen MR) is 127 cm³/mol. The molecule has 2 aromatic carbocycles. The molecule has 0 atom stereocenters. The molecule has 0 unspecified atom stereocenters. The highest BCUT2D eigenvalue weighted by atomic mass is 79.9. The van der Waals surface area contributed by atoms with Gasteiger partial charge in [0.2, 0.25) is 0 Å². The lowest BCUT2D eigenvalue weighted by Crippen LogP contribution is -2.42. The third-order valence-corrected chi connectivity index (χ3v) is 6.45. The summed E-state index contributed by atoms with van der Waals surface area (Å²) in [7, 11) is 0. The van der Waals surface area contributed by atoms with Crippen molar-refractivity contribution in [3.05, 3.63) is 82.3 Å². The van der Waals surface area contributed by atoms with Crippen LogP contribution in [-0.4, -0.2) is 34.8 Å². The molecular weight excluding hydrogens is 490 g/mol. The molecule has 5 rings (SSSR count). The molecule has 0 fully saturated rings. The van der Waals surface area contributed by atoms with Gasteiger partial charge in [-0.15, -0.1) is 11.3 Å². The molecular formula is C24H16BrN3O3S. The molecule has 0 saturated heterocycles. The summed E-state index contributed by atoms with van der Waals surface area (Å²) in [6, 6.07) is 18.4. The van der Waals surface area contributed by atoms with Gasteiger partial charge in [0.25, 0.3) is 5.91 Å². The second-order valence-corrected chi connectivity index (χ2v) is 8.91. The Morgan fingerprint density at radius 1 is 1.09 bits per heavy atom. The lowest BCUT2D eigenvalue weighted by Gasteiger charge is -2.29. The molecule has 1 aliphatic rings. The predicted octanol–water partition coefficient (Wildman–Crippen LogP) is 5.24. The number of fused-ring (bicyclic) bond motifs is 1. The highest BCUT2D eigenvalue weighted by Crippen LogP contribution is 2.37. The van der Waals surface area contributed by atoms with Crippen LogP contribution in [0.1, 0.15) is 10.4 Å². The van der Waals surface area contributed by atoms with Gasteiger partial charge >= 0.3 is 0 Å². The molecule has 32 heavy (non-hydrogen) atoms. The van der Waals surface area contributed by atoms with Gasteiger partial charge in [-0.3, -0.25) is 19.5 Å². The van der Waals surface area contributed by atoms with E-state index in [-0.39, 0.29) is 24.8 Å². The number of halogens is 1. The molecule has 1 aliphatic heterocycles. The smallest absolute Gasteiger partial charge is 0.265 e. The van der Waals surface area contributed by atoms with Crippen molar-refractivity contribution in [2.45, 2.75) is 0 Å². The minimum absolute atomic E-state index is 0.0590. The topological polar surface area (TPSA) is 72.4 Å². The number of ketones is 1. The van der Waals surface area contributed by atoms with Gasteiger partial charge in [0.1, 0.15) is 10.8 Å². The second-order valence-electron chi connectivity index (χ2n) is 7.13. The fourth-order valence-corrected chi connectivity index (χ4v) is 4.49. The summed E-state index contributed by atoms with van der Waals surface area (Å²) in [5, 5.41) is 2.77. The number of aromatic nitrogens is 2. The number of ether oxygens (including phenoxy) is 1. The molecule has 158 valence electrons. The number of nitrogens with zero attached hydrogens (tertiary/aromatic N) is 3. The van der Waals surface area contributed by atoms with Gasteiger partial charge in [0.05, 0.1) is 23.6 Å². The molecule has 0 radical (unpaired) electrons. The normalized spacial score (nSPS) is 12.9. The molecule has 0 aliphatic carbocycles. The van der Waals surface area contributed by atoms with Crippen molar-refractivity contribution >= 4 is 44.6 Å². The van der Waals surface area contributed by atoms with Crippen LogP contribution in [0.25, 0.3) is 22.0 Å². The Morgan fingerprint density at radius 2 is 1.94 bits per heavy atom. The van der Waals surface area contributed by atoms with Crippen molar-refractivity contribution in [1.29, 1.82) is 0 Å².